The zero-order valence-corrected chi connectivity index (χ0v) is 10.6. The van der Waals surface area contributed by atoms with E-state index in [4.69, 9.17) is 0 Å². The molecule has 0 saturated carbocycles. The summed E-state index contributed by atoms with van der Waals surface area (Å²) >= 11 is 0. The van der Waals surface area contributed by atoms with Crippen LogP contribution in [0.1, 0.15) is 28.8 Å². The van der Waals surface area contributed by atoms with Gasteiger partial charge in [0.05, 0.1) is 5.52 Å². The van der Waals surface area contributed by atoms with E-state index in [-0.39, 0.29) is 6.61 Å². The highest BCUT2D eigenvalue weighted by Crippen LogP contribution is 2.33. The van der Waals surface area contributed by atoms with Crippen molar-refractivity contribution in [2.45, 2.75) is 39.7 Å². The molecular formula is C15H19NO. The van der Waals surface area contributed by atoms with Crippen LogP contribution in [0.25, 0.3) is 10.9 Å². The minimum absolute atomic E-state index is 0.239. The van der Waals surface area contributed by atoms with E-state index in [1.807, 2.05) is 0 Å². The van der Waals surface area contributed by atoms with Gasteiger partial charge < -0.3 is 9.67 Å². The Morgan fingerprint density at radius 3 is 2.88 bits per heavy atom. The van der Waals surface area contributed by atoms with E-state index in [0.717, 1.165) is 13.0 Å². The lowest BCUT2D eigenvalue weighted by Crippen LogP contribution is -2.09. The maximum atomic E-state index is 9.23. The predicted molar refractivity (Wildman–Crippen MR) is 70.5 cm³/mol. The normalized spacial score (nSPS) is 14.5. The van der Waals surface area contributed by atoms with Gasteiger partial charge in [-0.1, -0.05) is 11.6 Å². The van der Waals surface area contributed by atoms with Gasteiger partial charge in [0, 0.05) is 24.2 Å². The third-order valence-electron chi connectivity index (χ3n) is 3.96. The first-order chi connectivity index (χ1) is 8.22. The fourth-order valence-corrected chi connectivity index (χ4v) is 3.25. The standard InChI is InChI=1S/C15H19NO/c1-10-8-12-4-3-6-16-11(2)13(5-7-17)14(9-10)15(12)16/h8-9,17H,3-7H2,1-2H3. The first kappa shape index (κ1) is 10.8. The summed E-state index contributed by atoms with van der Waals surface area (Å²) in [5.41, 5.74) is 6.93. The summed E-state index contributed by atoms with van der Waals surface area (Å²) in [7, 11) is 0. The number of hydrogen-bond acceptors (Lipinski definition) is 1. The molecule has 0 aliphatic carbocycles. The highest BCUT2D eigenvalue weighted by Gasteiger charge is 2.19. The lowest BCUT2D eigenvalue weighted by molar-refractivity contribution is 0.299. The van der Waals surface area contributed by atoms with E-state index >= 15 is 0 Å². The van der Waals surface area contributed by atoms with Crippen LogP contribution in [0.3, 0.4) is 0 Å². The lowest BCUT2D eigenvalue weighted by Gasteiger charge is -2.17. The van der Waals surface area contributed by atoms with Crippen LogP contribution in [0.4, 0.5) is 0 Å². The van der Waals surface area contributed by atoms with E-state index in [2.05, 4.69) is 30.5 Å². The predicted octanol–water partition coefficient (Wildman–Crippen LogP) is 2.74. The van der Waals surface area contributed by atoms with E-state index in [1.165, 1.54) is 46.1 Å². The number of aryl methyl sites for hydroxylation is 3. The fourth-order valence-electron chi connectivity index (χ4n) is 3.25. The zero-order chi connectivity index (χ0) is 12.0. The Bertz CT molecular complexity index is 580. The van der Waals surface area contributed by atoms with E-state index in [9.17, 15) is 5.11 Å². The molecule has 2 heterocycles. The molecule has 1 aliphatic heterocycles. The van der Waals surface area contributed by atoms with Crippen LogP contribution in [0.15, 0.2) is 12.1 Å². The van der Waals surface area contributed by atoms with Gasteiger partial charge in [0.2, 0.25) is 0 Å². The van der Waals surface area contributed by atoms with Gasteiger partial charge in [-0.25, -0.2) is 0 Å². The number of aliphatic hydroxyl groups excluding tert-OH is 1. The summed E-state index contributed by atoms with van der Waals surface area (Å²) in [4.78, 5) is 0. The quantitative estimate of drug-likeness (QED) is 0.841. The molecule has 90 valence electrons. The molecule has 1 aliphatic rings. The minimum Gasteiger partial charge on any atom is -0.396 e. The highest BCUT2D eigenvalue weighted by molar-refractivity contribution is 5.89. The lowest BCUT2D eigenvalue weighted by atomic mass is 9.99. The Morgan fingerprint density at radius 2 is 2.12 bits per heavy atom. The second kappa shape index (κ2) is 3.88. The van der Waals surface area contributed by atoms with Gasteiger partial charge in [0.15, 0.2) is 0 Å². The molecule has 2 heteroatoms. The molecule has 0 atom stereocenters. The molecule has 1 aromatic heterocycles. The second-order valence-electron chi connectivity index (χ2n) is 5.11. The molecule has 2 aromatic rings. The SMILES string of the molecule is Cc1cc2c3c(c1)c(CCO)c(C)n3CCC2. The Morgan fingerprint density at radius 1 is 1.29 bits per heavy atom. The average molecular weight is 229 g/mol. The van der Waals surface area contributed by atoms with E-state index in [0.29, 0.717) is 0 Å². The number of aromatic nitrogens is 1. The van der Waals surface area contributed by atoms with Crippen molar-refractivity contribution in [3.05, 3.63) is 34.5 Å². The number of nitrogens with zero attached hydrogens (tertiary/aromatic N) is 1. The third-order valence-corrected chi connectivity index (χ3v) is 3.96. The largest absolute Gasteiger partial charge is 0.396 e. The van der Waals surface area contributed by atoms with Crippen LogP contribution in [-0.2, 0) is 19.4 Å². The van der Waals surface area contributed by atoms with Crippen LogP contribution >= 0.6 is 0 Å². The summed E-state index contributed by atoms with van der Waals surface area (Å²) < 4.78 is 2.44. The van der Waals surface area contributed by atoms with Crippen molar-refractivity contribution < 1.29 is 5.11 Å². The van der Waals surface area contributed by atoms with Gasteiger partial charge in [0.25, 0.3) is 0 Å². The van der Waals surface area contributed by atoms with Gasteiger partial charge in [-0.05, 0) is 50.3 Å². The first-order valence-corrected chi connectivity index (χ1v) is 6.44. The van der Waals surface area contributed by atoms with Crippen LogP contribution in [-0.4, -0.2) is 16.3 Å². The van der Waals surface area contributed by atoms with Crippen molar-refractivity contribution in [2.75, 3.05) is 6.61 Å². The van der Waals surface area contributed by atoms with Gasteiger partial charge >= 0.3 is 0 Å². The molecule has 17 heavy (non-hydrogen) atoms. The van der Waals surface area contributed by atoms with Gasteiger partial charge in [-0.2, -0.15) is 0 Å². The molecule has 0 radical (unpaired) electrons. The van der Waals surface area contributed by atoms with Crippen molar-refractivity contribution in [3.63, 3.8) is 0 Å². The summed E-state index contributed by atoms with van der Waals surface area (Å²) in [5.74, 6) is 0. The summed E-state index contributed by atoms with van der Waals surface area (Å²) in [6.45, 7) is 5.72. The summed E-state index contributed by atoms with van der Waals surface area (Å²) in [5, 5.41) is 10.6. The topological polar surface area (TPSA) is 25.2 Å². The minimum atomic E-state index is 0.239. The average Bonchev–Trinajstić information content (AvgIpc) is 2.57. The van der Waals surface area contributed by atoms with E-state index < -0.39 is 0 Å². The molecular weight excluding hydrogens is 210 g/mol. The third kappa shape index (κ3) is 1.51. The van der Waals surface area contributed by atoms with E-state index in [1.54, 1.807) is 0 Å². The molecule has 0 fully saturated rings. The molecule has 1 N–H and O–H groups in total. The Balaban J connectivity index is 2.39. The number of rotatable bonds is 2. The maximum absolute atomic E-state index is 9.23. The van der Waals surface area contributed by atoms with Crippen molar-refractivity contribution in [2.24, 2.45) is 0 Å². The molecule has 0 spiro atoms. The van der Waals surface area contributed by atoms with Gasteiger partial charge in [-0.3, -0.25) is 0 Å². The molecule has 2 nitrogen and oxygen atoms in total. The fraction of sp³-hybridized carbons (Fsp3) is 0.467. The molecule has 0 amide bonds. The molecule has 3 rings (SSSR count). The van der Waals surface area contributed by atoms with Crippen molar-refractivity contribution in [3.8, 4) is 0 Å². The Kier molecular flexibility index (Phi) is 2.48. The van der Waals surface area contributed by atoms with Crippen LogP contribution in [0.5, 0.6) is 0 Å². The zero-order valence-electron chi connectivity index (χ0n) is 10.6. The molecule has 0 saturated heterocycles. The van der Waals surface area contributed by atoms with Crippen molar-refractivity contribution in [1.82, 2.24) is 4.57 Å². The monoisotopic (exact) mass is 229 g/mol. The van der Waals surface area contributed by atoms with Crippen molar-refractivity contribution in [1.29, 1.82) is 0 Å². The summed E-state index contributed by atoms with van der Waals surface area (Å²) in [6.07, 6.45) is 3.21. The van der Waals surface area contributed by atoms with Crippen LogP contribution in [0, 0.1) is 13.8 Å². The Labute approximate surface area is 102 Å². The molecule has 1 aromatic carbocycles. The van der Waals surface area contributed by atoms with Gasteiger partial charge in [-0.15, -0.1) is 0 Å². The number of hydrogen-bond donors (Lipinski definition) is 1. The smallest absolute Gasteiger partial charge is 0.0518 e. The van der Waals surface area contributed by atoms with Gasteiger partial charge in [0.1, 0.15) is 0 Å². The number of aliphatic hydroxyl groups is 1. The second-order valence-corrected chi connectivity index (χ2v) is 5.11. The summed E-state index contributed by atoms with van der Waals surface area (Å²) in [6, 6.07) is 4.60. The van der Waals surface area contributed by atoms with Crippen molar-refractivity contribution >= 4 is 10.9 Å². The van der Waals surface area contributed by atoms with Crippen LogP contribution < -0.4 is 0 Å². The Hall–Kier alpha value is -1.28. The highest BCUT2D eigenvalue weighted by atomic mass is 16.2. The first-order valence-electron chi connectivity index (χ1n) is 6.44. The molecule has 0 unspecified atom stereocenters. The number of benzene rings is 1. The maximum Gasteiger partial charge on any atom is 0.0518 e. The molecule has 0 bridgehead atoms. The van der Waals surface area contributed by atoms with Crippen LogP contribution in [0.2, 0.25) is 0 Å².